The molecule has 0 saturated carbocycles. The van der Waals surface area contributed by atoms with E-state index in [1.54, 1.807) is 11.6 Å². The standard InChI is InChI=1S/C11H9FN4O3S.ClH/c12-8-2-1-7(5-9(8)16(18)19)14-10(17)6-15-3-4-20-11(15)13;/h1-5,13H,6H2,(H,14,17);1H. The summed E-state index contributed by atoms with van der Waals surface area (Å²) in [5, 5.41) is 22.2. The van der Waals surface area contributed by atoms with Crippen molar-refractivity contribution < 1.29 is 14.1 Å². The monoisotopic (exact) mass is 332 g/mol. The Morgan fingerprint density at radius 2 is 2.24 bits per heavy atom. The number of anilines is 1. The van der Waals surface area contributed by atoms with Crippen molar-refractivity contribution in [1.82, 2.24) is 4.57 Å². The van der Waals surface area contributed by atoms with E-state index in [9.17, 15) is 19.3 Å². The Morgan fingerprint density at radius 1 is 1.52 bits per heavy atom. The number of amides is 1. The number of nitro groups is 1. The summed E-state index contributed by atoms with van der Waals surface area (Å²) in [6.07, 6.45) is 1.58. The number of carbonyl (C=O) groups is 1. The first kappa shape index (κ1) is 16.8. The normalized spacial score (nSPS) is 9.76. The highest BCUT2D eigenvalue weighted by atomic mass is 35.5. The van der Waals surface area contributed by atoms with E-state index in [2.05, 4.69) is 5.32 Å². The molecule has 2 N–H and O–H groups in total. The van der Waals surface area contributed by atoms with E-state index >= 15 is 0 Å². The van der Waals surface area contributed by atoms with E-state index in [0.29, 0.717) is 0 Å². The molecule has 0 radical (unpaired) electrons. The third-order valence-electron chi connectivity index (χ3n) is 2.42. The molecule has 10 heteroatoms. The maximum Gasteiger partial charge on any atom is 0.306 e. The largest absolute Gasteiger partial charge is 0.324 e. The van der Waals surface area contributed by atoms with Crippen LogP contribution in [0.4, 0.5) is 15.8 Å². The molecule has 0 spiro atoms. The maximum absolute atomic E-state index is 13.1. The lowest BCUT2D eigenvalue weighted by Crippen LogP contribution is -2.23. The van der Waals surface area contributed by atoms with Gasteiger partial charge in [-0.15, -0.1) is 23.7 Å². The molecule has 0 fully saturated rings. The van der Waals surface area contributed by atoms with Gasteiger partial charge in [0.1, 0.15) is 6.54 Å². The number of hydrogen-bond donors (Lipinski definition) is 2. The van der Waals surface area contributed by atoms with E-state index in [0.717, 1.165) is 12.1 Å². The highest BCUT2D eigenvalue weighted by Gasteiger charge is 2.15. The molecule has 2 aromatic rings. The molecule has 0 unspecified atom stereocenters. The zero-order valence-corrected chi connectivity index (χ0v) is 12.0. The molecule has 1 aromatic carbocycles. The molecule has 0 aliphatic rings. The van der Waals surface area contributed by atoms with E-state index in [-0.39, 0.29) is 29.4 Å². The second-order valence-corrected chi connectivity index (χ2v) is 4.70. The first-order valence-electron chi connectivity index (χ1n) is 5.39. The molecule has 0 bridgehead atoms. The van der Waals surface area contributed by atoms with Gasteiger partial charge in [-0.25, -0.2) is 0 Å². The SMILES string of the molecule is Cl.N=c1sccn1CC(=O)Nc1ccc(F)c([N+](=O)[O-])c1. The lowest BCUT2D eigenvalue weighted by Gasteiger charge is -2.06. The van der Waals surface area contributed by atoms with Gasteiger partial charge in [0.05, 0.1) is 4.92 Å². The van der Waals surface area contributed by atoms with E-state index in [1.165, 1.54) is 22.0 Å². The molecule has 0 saturated heterocycles. The average Bonchev–Trinajstić information content (AvgIpc) is 2.77. The molecule has 0 aliphatic carbocycles. The summed E-state index contributed by atoms with van der Waals surface area (Å²) in [7, 11) is 0. The van der Waals surface area contributed by atoms with E-state index in [4.69, 9.17) is 5.41 Å². The Bertz CT molecular complexity index is 730. The van der Waals surface area contributed by atoms with Gasteiger partial charge < -0.3 is 9.88 Å². The predicted molar refractivity (Wildman–Crippen MR) is 77.1 cm³/mol. The summed E-state index contributed by atoms with van der Waals surface area (Å²) in [6.45, 7) is -0.0898. The molecule has 1 amide bonds. The van der Waals surface area contributed by atoms with Crippen LogP contribution < -0.4 is 10.1 Å². The van der Waals surface area contributed by atoms with E-state index < -0.39 is 22.3 Å². The fraction of sp³-hybridized carbons (Fsp3) is 0.0909. The fourth-order valence-corrected chi connectivity index (χ4v) is 2.11. The molecule has 7 nitrogen and oxygen atoms in total. The predicted octanol–water partition coefficient (Wildman–Crippen LogP) is 2.14. The molecule has 0 aliphatic heterocycles. The van der Waals surface area contributed by atoms with Crippen LogP contribution in [0, 0.1) is 21.3 Å². The minimum absolute atomic E-state index is 0. The number of thiazole rings is 1. The van der Waals surface area contributed by atoms with Gasteiger partial charge in [-0.1, -0.05) is 0 Å². The van der Waals surface area contributed by atoms with Gasteiger partial charge in [-0.2, -0.15) is 4.39 Å². The van der Waals surface area contributed by atoms with Crippen LogP contribution in [0.1, 0.15) is 0 Å². The number of nitrogens with one attached hydrogen (secondary N) is 2. The summed E-state index contributed by atoms with van der Waals surface area (Å²) >= 11 is 1.17. The lowest BCUT2D eigenvalue weighted by atomic mass is 10.2. The Labute approximate surface area is 128 Å². The van der Waals surface area contributed by atoms with Gasteiger partial charge in [0.2, 0.25) is 11.7 Å². The number of rotatable bonds is 4. The lowest BCUT2D eigenvalue weighted by molar-refractivity contribution is -0.387. The molecule has 1 heterocycles. The summed E-state index contributed by atoms with van der Waals surface area (Å²) in [5.74, 6) is -1.42. The van der Waals surface area contributed by atoms with Crippen LogP contribution in [0.3, 0.4) is 0 Å². The van der Waals surface area contributed by atoms with Crippen molar-refractivity contribution in [3.8, 4) is 0 Å². The first-order chi connectivity index (χ1) is 9.47. The zero-order valence-electron chi connectivity index (χ0n) is 10.4. The molecule has 112 valence electrons. The third-order valence-corrected chi connectivity index (χ3v) is 3.14. The Hall–Kier alpha value is -2.26. The number of benzene rings is 1. The number of hydrogen-bond acceptors (Lipinski definition) is 5. The average molecular weight is 333 g/mol. The van der Waals surface area contributed by atoms with Crippen molar-refractivity contribution in [1.29, 1.82) is 5.41 Å². The maximum atomic E-state index is 13.1. The Balaban J connectivity index is 0.00000220. The fourth-order valence-electron chi connectivity index (χ4n) is 1.51. The summed E-state index contributed by atoms with van der Waals surface area (Å²) in [5.41, 5.74) is -0.572. The van der Waals surface area contributed by atoms with Crippen LogP contribution >= 0.6 is 23.7 Å². The van der Waals surface area contributed by atoms with Gasteiger partial charge in [0.25, 0.3) is 0 Å². The second kappa shape index (κ2) is 6.95. The molecular weight excluding hydrogens is 323 g/mol. The second-order valence-electron chi connectivity index (χ2n) is 3.81. The van der Waals surface area contributed by atoms with Gasteiger partial charge in [0, 0.05) is 23.3 Å². The first-order valence-corrected chi connectivity index (χ1v) is 6.27. The quantitative estimate of drug-likeness (QED) is 0.662. The molecule has 0 atom stereocenters. The van der Waals surface area contributed by atoms with Crippen molar-refractivity contribution in [2.75, 3.05) is 5.32 Å². The van der Waals surface area contributed by atoms with Crippen LogP contribution in [-0.4, -0.2) is 15.4 Å². The van der Waals surface area contributed by atoms with Crippen LogP contribution in [0.25, 0.3) is 0 Å². The smallest absolute Gasteiger partial charge is 0.306 e. The third kappa shape index (κ3) is 4.10. The highest BCUT2D eigenvalue weighted by Crippen LogP contribution is 2.21. The Kier molecular flexibility index (Phi) is 5.56. The van der Waals surface area contributed by atoms with Crippen molar-refractivity contribution in [2.45, 2.75) is 6.54 Å². The van der Waals surface area contributed by atoms with E-state index in [1.807, 2.05) is 0 Å². The van der Waals surface area contributed by atoms with Crippen molar-refractivity contribution in [2.24, 2.45) is 0 Å². The summed E-state index contributed by atoms with van der Waals surface area (Å²) in [4.78, 5) is 21.7. The van der Waals surface area contributed by atoms with Gasteiger partial charge >= 0.3 is 5.69 Å². The van der Waals surface area contributed by atoms with Crippen LogP contribution in [-0.2, 0) is 11.3 Å². The van der Waals surface area contributed by atoms with Gasteiger partial charge in [0.15, 0.2) is 4.80 Å². The van der Waals surface area contributed by atoms with Crippen LogP contribution in [0.2, 0.25) is 0 Å². The van der Waals surface area contributed by atoms with Crippen molar-refractivity contribution >= 4 is 41.0 Å². The molecule has 2 rings (SSSR count). The molecule has 1 aromatic heterocycles. The van der Waals surface area contributed by atoms with Crippen LogP contribution in [0.15, 0.2) is 29.8 Å². The summed E-state index contributed by atoms with van der Waals surface area (Å²) < 4.78 is 14.5. The number of carbonyl (C=O) groups excluding carboxylic acids is 1. The number of nitro benzene ring substituents is 1. The molecular formula is C11H10ClFN4O3S. The topological polar surface area (TPSA) is 101 Å². The van der Waals surface area contributed by atoms with Gasteiger partial charge in [-0.05, 0) is 12.1 Å². The van der Waals surface area contributed by atoms with Crippen LogP contribution in [0.5, 0.6) is 0 Å². The van der Waals surface area contributed by atoms with Gasteiger partial charge in [-0.3, -0.25) is 20.3 Å². The highest BCUT2D eigenvalue weighted by molar-refractivity contribution is 7.06. The summed E-state index contributed by atoms with van der Waals surface area (Å²) in [6, 6.07) is 3.11. The van der Waals surface area contributed by atoms with Crippen molar-refractivity contribution in [3.63, 3.8) is 0 Å². The minimum atomic E-state index is -0.964. The number of nitrogens with zero attached hydrogens (tertiary/aromatic N) is 2. The minimum Gasteiger partial charge on any atom is -0.324 e. The Morgan fingerprint density at radius 3 is 2.81 bits per heavy atom. The number of halogens is 2. The number of aromatic nitrogens is 1. The zero-order chi connectivity index (χ0) is 14.7. The van der Waals surface area contributed by atoms with Crippen molar-refractivity contribution in [3.05, 3.63) is 50.5 Å². The molecule has 21 heavy (non-hydrogen) atoms.